The molecular formula is C12H16F6N2S2. The Kier molecular flexibility index (Phi) is 9.94. The Morgan fingerprint density at radius 3 is 1.82 bits per heavy atom. The Morgan fingerprint density at radius 1 is 1.00 bits per heavy atom. The molecule has 0 bridgehead atoms. The van der Waals surface area contributed by atoms with Gasteiger partial charge in [0.25, 0.3) is 0 Å². The topological polar surface area (TPSA) is 18.0 Å². The molecule has 0 aliphatic heterocycles. The number of aromatic nitrogens is 1. The van der Waals surface area contributed by atoms with Crippen LogP contribution in [0.25, 0.3) is 4.13 Å². The predicted molar refractivity (Wildman–Crippen MR) is 76.9 cm³/mol. The Labute approximate surface area is 133 Å². The SMILES string of the molecule is CCCC[n+]1ccc(C)cc1.FC(F)(F)S[N-]SC(F)(F)F. The number of hydrogen-bond acceptors (Lipinski definition) is 2. The van der Waals surface area contributed by atoms with Crippen molar-refractivity contribution in [3.8, 4) is 0 Å². The van der Waals surface area contributed by atoms with Crippen molar-refractivity contribution >= 4 is 23.9 Å². The molecule has 1 heterocycles. The van der Waals surface area contributed by atoms with Crippen molar-refractivity contribution in [3.63, 3.8) is 0 Å². The van der Waals surface area contributed by atoms with Crippen LogP contribution < -0.4 is 4.57 Å². The van der Waals surface area contributed by atoms with E-state index in [1.807, 2.05) is 0 Å². The van der Waals surface area contributed by atoms with Gasteiger partial charge in [-0.1, -0.05) is 13.3 Å². The number of alkyl halides is 6. The smallest absolute Gasteiger partial charge is 0.423 e. The van der Waals surface area contributed by atoms with Gasteiger partial charge in [-0.25, -0.2) is 4.57 Å². The molecule has 0 aliphatic carbocycles. The van der Waals surface area contributed by atoms with Crippen molar-refractivity contribution in [2.75, 3.05) is 0 Å². The van der Waals surface area contributed by atoms with Crippen LogP contribution >= 0.6 is 23.9 Å². The highest BCUT2D eigenvalue weighted by molar-refractivity contribution is 8.20. The molecule has 0 unspecified atom stereocenters. The summed E-state index contributed by atoms with van der Waals surface area (Å²) in [5.41, 5.74) is -8.17. The molecule has 1 aromatic rings. The summed E-state index contributed by atoms with van der Waals surface area (Å²) >= 11 is -2.14. The summed E-state index contributed by atoms with van der Waals surface area (Å²) in [4.78, 5) is 0. The van der Waals surface area contributed by atoms with Crippen molar-refractivity contribution in [2.45, 2.75) is 44.3 Å². The highest BCUT2D eigenvalue weighted by Gasteiger charge is 2.26. The summed E-state index contributed by atoms with van der Waals surface area (Å²) in [5, 5.41) is 0. The molecule has 0 fully saturated rings. The van der Waals surface area contributed by atoms with Crippen LogP contribution in [-0.2, 0) is 6.54 Å². The van der Waals surface area contributed by atoms with E-state index >= 15 is 0 Å². The van der Waals surface area contributed by atoms with E-state index in [2.05, 4.69) is 47.1 Å². The summed E-state index contributed by atoms with van der Waals surface area (Å²) in [6, 6.07) is 4.30. The van der Waals surface area contributed by atoms with Crippen LogP contribution in [0.2, 0.25) is 0 Å². The van der Waals surface area contributed by atoms with Crippen molar-refractivity contribution in [3.05, 3.63) is 34.2 Å². The van der Waals surface area contributed by atoms with Crippen molar-refractivity contribution in [1.29, 1.82) is 0 Å². The summed E-state index contributed by atoms with van der Waals surface area (Å²) in [7, 11) is 0. The first-order valence-corrected chi connectivity index (χ1v) is 7.74. The van der Waals surface area contributed by atoms with Gasteiger partial charge < -0.3 is 4.13 Å². The third kappa shape index (κ3) is 14.3. The van der Waals surface area contributed by atoms with E-state index < -0.39 is 34.9 Å². The molecular weight excluding hydrogens is 350 g/mol. The number of pyridine rings is 1. The summed E-state index contributed by atoms with van der Waals surface area (Å²) < 4.78 is 71.0. The zero-order chi connectivity index (χ0) is 17.2. The van der Waals surface area contributed by atoms with Gasteiger partial charge in [-0.05, 0) is 12.5 Å². The van der Waals surface area contributed by atoms with Gasteiger partial charge in [-0.2, -0.15) is 50.2 Å². The maximum Gasteiger partial charge on any atom is 0.423 e. The van der Waals surface area contributed by atoms with E-state index in [0.717, 1.165) is 6.54 Å². The molecule has 2 nitrogen and oxygen atoms in total. The van der Waals surface area contributed by atoms with E-state index in [1.54, 1.807) is 0 Å². The van der Waals surface area contributed by atoms with E-state index in [1.165, 1.54) is 18.4 Å². The molecule has 0 saturated heterocycles. The number of hydrogen-bond donors (Lipinski definition) is 0. The van der Waals surface area contributed by atoms with Gasteiger partial charge in [-0.15, -0.1) is 0 Å². The molecule has 1 rings (SSSR count). The Balaban J connectivity index is 0.000000401. The van der Waals surface area contributed by atoms with Crippen molar-refractivity contribution in [2.24, 2.45) is 0 Å². The fourth-order valence-corrected chi connectivity index (χ4v) is 1.95. The summed E-state index contributed by atoms with van der Waals surface area (Å²) in [5.74, 6) is 0. The highest BCUT2D eigenvalue weighted by atomic mass is 32.2. The first kappa shape index (κ1) is 21.4. The Morgan fingerprint density at radius 2 is 1.45 bits per heavy atom. The predicted octanol–water partition coefficient (Wildman–Crippen LogP) is 5.78. The minimum Gasteiger partial charge on any atom is -0.536 e. The molecule has 10 heteroatoms. The number of rotatable bonds is 5. The molecule has 0 aromatic carbocycles. The van der Waals surface area contributed by atoms with Crippen LogP contribution in [-0.4, -0.2) is 11.0 Å². The lowest BCUT2D eigenvalue weighted by atomic mass is 10.3. The molecule has 0 N–H and O–H groups in total. The molecule has 1 aromatic heterocycles. The first-order valence-electron chi connectivity index (χ1n) is 6.19. The van der Waals surface area contributed by atoms with Crippen LogP contribution in [0.5, 0.6) is 0 Å². The van der Waals surface area contributed by atoms with Crippen LogP contribution in [0.3, 0.4) is 0 Å². The number of unbranched alkanes of at least 4 members (excludes halogenated alkanes) is 1. The molecule has 0 saturated carbocycles. The molecule has 0 radical (unpaired) electrons. The van der Waals surface area contributed by atoms with Crippen LogP contribution in [0.15, 0.2) is 24.5 Å². The number of nitrogens with zero attached hydrogens (tertiary/aromatic N) is 2. The fraction of sp³-hybridized carbons (Fsp3) is 0.583. The fourth-order valence-electron chi connectivity index (χ4n) is 1.12. The monoisotopic (exact) mass is 366 g/mol. The van der Waals surface area contributed by atoms with E-state index in [0.29, 0.717) is 0 Å². The third-order valence-electron chi connectivity index (χ3n) is 2.11. The third-order valence-corrected chi connectivity index (χ3v) is 3.12. The minimum atomic E-state index is -4.75. The lowest BCUT2D eigenvalue weighted by Crippen LogP contribution is -2.32. The van der Waals surface area contributed by atoms with Gasteiger partial charge in [-0.3, -0.25) is 0 Å². The largest absolute Gasteiger partial charge is 0.536 e. The minimum absolute atomic E-state index is 1.07. The van der Waals surface area contributed by atoms with Crippen LogP contribution in [0.4, 0.5) is 26.3 Å². The van der Waals surface area contributed by atoms with Gasteiger partial charge >= 0.3 is 11.0 Å². The summed E-state index contributed by atoms with van der Waals surface area (Å²) in [6.07, 6.45) is 6.82. The van der Waals surface area contributed by atoms with Crippen LogP contribution in [0, 0.1) is 6.92 Å². The Hall–Kier alpha value is -0.610. The maximum atomic E-state index is 11.1. The second-order valence-electron chi connectivity index (χ2n) is 4.12. The van der Waals surface area contributed by atoms with Gasteiger partial charge in [0.2, 0.25) is 0 Å². The first-order chi connectivity index (χ1) is 10.0. The normalized spacial score (nSPS) is 11.8. The van der Waals surface area contributed by atoms with Gasteiger partial charge in [0.15, 0.2) is 12.4 Å². The number of halogens is 6. The van der Waals surface area contributed by atoms with Crippen LogP contribution in [0.1, 0.15) is 25.3 Å². The lowest BCUT2D eigenvalue weighted by Gasteiger charge is -2.21. The molecule has 0 spiro atoms. The van der Waals surface area contributed by atoms with Gasteiger partial charge in [0.05, 0.1) is 0 Å². The second kappa shape index (κ2) is 10.2. The number of aryl methyl sites for hydroxylation is 2. The zero-order valence-corrected chi connectivity index (χ0v) is 13.5. The average Bonchev–Trinajstić information content (AvgIpc) is 2.36. The van der Waals surface area contributed by atoms with E-state index in [4.69, 9.17) is 0 Å². The zero-order valence-electron chi connectivity index (χ0n) is 11.9. The standard InChI is InChI=1S/C10H16N.C2F6NS2/c1-3-4-7-11-8-5-10(2)6-9-11;3-1(4,5)10-9-11-2(6,7)8/h5-6,8-9H,3-4,7H2,1-2H3;/q+1;-1. The van der Waals surface area contributed by atoms with Gasteiger partial charge in [0, 0.05) is 18.6 Å². The van der Waals surface area contributed by atoms with E-state index in [-0.39, 0.29) is 0 Å². The molecule has 0 atom stereocenters. The Bertz CT molecular complexity index is 392. The quantitative estimate of drug-likeness (QED) is 0.374. The highest BCUT2D eigenvalue weighted by Crippen LogP contribution is 2.45. The maximum absolute atomic E-state index is 11.1. The molecule has 128 valence electrons. The molecule has 0 amide bonds. The van der Waals surface area contributed by atoms with Crippen molar-refractivity contribution < 1.29 is 30.9 Å². The second-order valence-corrected chi connectivity index (χ2v) is 6.00. The average molecular weight is 366 g/mol. The molecule has 22 heavy (non-hydrogen) atoms. The lowest BCUT2D eigenvalue weighted by molar-refractivity contribution is -0.697. The van der Waals surface area contributed by atoms with Crippen molar-refractivity contribution in [1.82, 2.24) is 0 Å². The summed E-state index contributed by atoms with van der Waals surface area (Å²) in [6.45, 7) is 5.48. The van der Waals surface area contributed by atoms with Gasteiger partial charge in [0.1, 0.15) is 6.54 Å². The van der Waals surface area contributed by atoms with E-state index in [9.17, 15) is 26.3 Å². The molecule has 0 aliphatic rings.